The van der Waals surface area contributed by atoms with Gasteiger partial charge in [0.05, 0.1) is 17.1 Å². The Kier molecular flexibility index (Phi) is 4.86. The van der Waals surface area contributed by atoms with Gasteiger partial charge in [0.1, 0.15) is 5.82 Å². The molecule has 0 fully saturated rings. The van der Waals surface area contributed by atoms with Crippen LogP contribution in [0, 0.1) is 5.92 Å². The van der Waals surface area contributed by atoms with E-state index in [-0.39, 0.29) is 11.9 Å². The number of hydrogen-bond donors (Lipinski definition) is 2. The second kappa shape index (κ2) is 7.05. The standard InChI is InChI=1S/C19H20ClN3O/c1-12(2)11-17(18-21-15-5-3-4-6-16(15)22-18)23-19(24)13-7-9-14(20)10-8-13/h3-10,12,17H,11H2,1-2H3,(H,21,22)(H,23,24)/t17-/m0/s1. The van der Waals surface area contributed by atoms with Crippen molar-refractivity contribution in [1.29, 1.82) is 0 Å². The molecule has 0 radical (unpaired) electrons. The number of rotatable bonds is 5. The molecule has 0 aliphatic heterocycles. The van der Waals surface area contributed by atoms with Crippen molar-refractivity contribution in [3.8, 4) is 0 Å². The van der Waals surface area contributed by atoms with Gasteiger partial charge in [-0.2, -0.15) is 0 Å². The van der Waals surface area contributed by atoms with E-state index in [1.807, 2.05) is 24.3 Å². The minimum Gasteiger partial charge on any atom is -0.342 e. The van der Waals surface area contributed by atoms with E-state index in [1.54, 1.807) is 24.3 Å². The molecule has 2 aromatic carbocycles. The molecule has 0 aliphatic carbocycles. The molecular formula is C19H20ClN3O. The zero-order chi connectivity index (χ0) is 17.1. The summed E-state index contributed by atoms with van der Waals surface area (Å²) in [6.45, 7) is 4.26. The Bertz CT molecular complexity index is 806. The molecule has 4 nitrogen and oxygen atoms in total. The molecule has 1 aromatic heterocycles. The van der Waals surface area contributed by atoms with Gasteiger partial charge in [-0.25, -0.2) is 4.98 Å². The molecule has 0 unspecified atom stereocenters. The third-order valence-electron chi connectivity index (χ3n) is 3.86. The van der Waals surface area contributed by atoms with E-state index in [9.17, 15) is 4.79 Å². The molecule has 0 saturated heterocycles. The Morgan fingerprint density at radius 1 is 1.17 bits per heavy atom. The number of hydrogen-bond acceptors (Lipinski definition) is 2. The summed E-state index contributed by atoms with van der Waals surface area (Å²) in [4.78, 5) is 20.5. The Labute approximate surface area is 146 Å². The largest absolute Gasteiger partial charge is 0.342 e. The summed E-state index contributed by atoms with van der Waals surface area (Å²) >= 11 is 5.89. The zero-order valence-electron chi connectivity index (χ0n) is 13.7. The summed E-state index contributed by atoms with van der Waals surface area (Å²) < 4.78 is 0. The predicted octanol–water partition coefficient (Wildman–Crippen LogP) is 4.73. The van der Waals surface area contributed by atoms with Crippen LogP contribution in [0.5, 0.6) is 0 Å². The number of carbonyl (C=O) groups excluding carboxylic acids is 1. The van der Waals surface area contributed by atoms with E-state index in [1.165, 1.54) is 0 Å². The lowest BCUT2D eigenvalue weighted by atomic mass is 10.0. The maximum atomic E-state index is 12.5. The molecule has 0 spiro atoms. The monoisotopic (exact) mass is 341 g/mol. The quantitative estimate of drug-likeness (QED) is 0.704. The van der Waals surface area contributed by atoms with Crippen LogP contribution in [0.1, 0.15) is 42.5 Å². The summed E-state index contributed by atoms with van der Waals surface area (Å²) in [5.41, 5.74) is 2.47. The molecule has 2 N–H and O–H groups in total. The molecule has 0 bridgehead atoms. The average Bonchev–Trinajstić information content (AvgIpc) is 2.98. The van der Waals surface area contributed by atoms with Crippen molar-refractivity contribution in [2.45, 2.75) is 26.3 Å². The van der Waals surface area contributed by atoms with Gasteiger partial charge in [-0.3, -0.25) is 4.79 Å². The third-order valence-corrected chi connectivity index (χ3v) is 4.11. The predicted molar refractivity (Wildman–Crippen MR) is 97.2 cm³/mol. The van der Waals surface area contributed by atoms with Gasteiger partial charge in [-0.15, -0.1) is 0 Å². The lowest BCUT2D eigenvalue weighted by Gasteiger charge is -2.18. The maximum Gasteiger partial charge on any atom is 0.251 e. The van der Waals surface area contributed by atoms with Crippen LogP contribution in [-0.2, 0) is 0 Å². The van der Waals surface area contributed by atoms with Crippen LogP contribution in [0.25, 0.3) is 11.0 Å². The number of nitrogens with zero attached hydrogens (tertiary/aromatic N) is 1. The number of aromatic amines is 1. The number of nitrogens with one attached hydrogen (secondary N) is 2. The molecule has 3 aromatic rings. The van der Waals surface area contributed by atoms with Gasteiger partial charge in [0.25, 0.3) is 5.91 Å². The molecule has 1 amide bonds. The van der Waals surface area contributed by atoms with Crippen LogP contribution in [0.3, 0.4) is 0 Å². The Morgan fingerprint density at radius 2 is 1.88 bits per heavy atom. The molecule has 1 heterocycles. The first kappa shape index (κ1) is 16.5. The average molecular weight is 342 g/mol. The van der Waals surface area contributed by atoms with Gasteiger partial charge < -0.3 is 10.3 Å². The van der Waals surface area contributed by atoms with Crippen molar-refractivity contribution in [1.82, 2.24) is 15.3 Å². The van der Waals surface area contributed by atoms with Crippen LogP contribution >= 0.6 is 11.6 Å². The minimum absolute atomic E-state index is 0.127. The van der Waals surface area contributed by atoms with Crippen molar-refractivity contribution in [2.75, 3.05) is 0 Å². The maximum absolute atomic E-state index is 12.5. The number of imidazole rings is 1. The molecule has 0 saturated carbocycles. The second-order valence-corrected chi connectivity index (χ2v) is 6.74. The van der Waals surface area contributed by atoms with Gasteiger partial charge >= 0.3 is 0 Å². The van der Waals surface area contributed by atoms with Crippen molar-refractivity contribution in [3.05, 3.63) is 64.9 Å². The van der Waals surface area contributed by atoms with Crippen LogP contribution in [0.4, 0.5) is 0 Å². The highest BCUT2D eigenvalue weighted by atomic mass is 35.5. The smallest absolute Gasteiger partial charge is 0.251 e. The van der Waals surface area contributed by atoms with E-state index in [0.717, 1.165) is 23.3 Å². The van der Waals surface area contributed by atoms with Gasteiger partial charge in [0.15, 0.2) is 0 Å². The third kappa shape index (κ3) is 3.77. The van der Waals surface area contributed by atoms with Crippen molar-refractivity contribution >= 4 is 28.5 Å². The lowest BCUT2D eigenvalue weighted by molar-refractivity contribution is 0.0930. The number of aromatic nitrogens is 2. The number of amides is 1. The fraction of sp³-hybridized carbons (Fsp3) is 0.263. The molecule has 124 valence electrons. The summed E-state index contributed by atoms with van der Waals surface area (Å²) in [6, 6.07) is 14.6. The molecule has 1 atom stereocenters. The van der Waals surface area contributed by atoms with Gasteiger partial charge in [0, 0.05) is 10.6 Å². The molecule has 5 heteroatoms. The summed E-state index contributed by atoms with van der Waals surface area (Å²) in [7, 11) is 0. The van der Waals surface area contributed by atoms with Gasteiger partial charge in [-0.05, 0) is 48.7 Å². The van der Waals surface area contributed by atoms with Gasteiger partial charge in [-0.1, -0.05) is 37.6 Å². The van der Waals surface area contributed by atoms with Crippen LogP contribution in [0.15, 0.2) is 48.5 Å². The Balaban J connectivity index is 1.85. The number of carbonyl (C=O) groups is 1. The summed E-state index contributed by atoms with van der Waals surface area (Å²) in [6.07, 6.45) is 0.805. The van der Waals surface area contributed by atoms with Gasteiger partial charge in [0.2, 0.25) is 0 Å². The lowest BCUT2D eigenvalue weighted by Crippen LogP contribution is -2.30. The summed E-state index contributed by atoms with van der Waals surface area (Å²) in [5.74, 6) is 1.08. The molecule has 24 heavy (non-hydrogen) atoms. The van der Waals surface area contributed by atoms with E-state index >= 15 is 0 Å². The molecule has 0 aliphatic rings. The Hall–Kier alpha value is -2.33. The topological polar surface area (TPSA) is 57.8 Å². The van der Waals surface area contributed by atoms with E-state index in [4.69, 9.17) is 11.6 Å². The first-order valence-electron chi connectivity index (χ1n) is 8.04. The SMILES string of the molecule is CC(C)C[C@H](NC(=O)c1ccc(Cl)cc1)c1nc2ccccc2[nH]1. The molecular weight excluding hydrogens is 322 g/mol. The zero-order valence-corrected chi connectivity index (χ0v) is 14.5. The van der Waals surface area contributed by atoms with Crippen LogP contribution in [0.2, 0.25) is 5.02 Å². The van der Waals surface area contributed by atoms with E-state index in [2.05, 4.69) is 29.1 Å². The highest BCUT2D eigenvalue weighted by Crippen LogP contribution is 2.22. The van der Waals surface area contributed by atoms with E-state index in [0.29, 0.717) is 16.5 Å². The first-order chi connectivity index (χ1) is 11.5. The molecule has 3 rings (SSSR count). The number of para-hydroxylation sites is 2. The fourth-order valence-corrected chi connectivity index (χ4v) is 2.82. The highest BCUT2D eigenvalue weighted by Gasteiger charge is 2.20. The van der Waals surface area contributed by atoms with Crippen LogP contribution in [-0.4, -0.2) is 15.9 Å². The minimum atomic E-state index is -0.166. The van der Waals surface area contributed by atoms with E-state index < -0.39 is 0 Å². The second-order valence-electron chi connectivity index (χ2n) is 6.30. The van der Waals surface area contributed by atoms with Crippen LogP contribution < -0.4 is 5.32 Å². The van der Waals surface area contributed by atoms with Crippen molar-refractivity contribution in [3.63, 3.8) is 0 Å². The van der Waals surface area contributed by atoms with Crippen molar-refractivity contribution in [2.24, 2.45) is 5.92 Å². The number of halogens is 1. The fourth-order valence-electron chi connectivity index (χ4n) is 2.69. The Morgan fingerprint density at radius 3 is 2.54 bits per heavy atom. The summed E-state index contributed by atoms with van der Waals surface area (Å²) in [5, 5.41) is 3.70. The first-order valence-corrected chi connectivity index (χ1v) is 8.42. The number of fused-ring (bicyclic) bond motifs is 1. The normalized spacial score (nSPS) is 12.5. The number of H-pyrrole nitrogens is 1. The highest BCUT2D eigenvalue weighted by molar-refractivity contribution is 6.30. The van der Waals surface area contributed by atoms with Crippen molar-refractivity contribution < 1.29 is 4.79 Å². The number of benzene rings is 2.